The highest BCUT2D eigenvalue weighted by molar-refractivity contribution is 7.47. The fourth-order valence-corrected chi connectivity index (χ4v) is 4.05. The average molecular weight is 641 g/mol. The van der Waals surface area contributed by atoms with Crippen LogP contribution in [0.5, 0.6) is 0 Å². The van der Waals surface area contributed by atoms with E-state index in [1.165, 1.54) is 0 Å². The van der Waals surface area contributed by atoms with Gasteiger partial charge in [0.05, 0.1) is 19.8 Å². The van der Waals surface area contributed by atoms with Crippen LogP contribution in [0.4, 0.5) is 0 Å². The number of rotatable bonds is 28. The van der Waals surface area contributed by atoms with E-state index in [-0.39, 0.29) is 95.8 Å². The Hall–Kier alpha value is -2.22. The van der Waals surface area contributed by atoms with Crippen molar-refractivity contribution in [1.29, 1.82) is 0 Å². The molecule has 0 amide bonds. The van der Waals surface area contributed by atoms with E-state index in [1.807, 2.05) is 13.8 Å². The quantitative estimate of drug-likeness (QED) is 0.0566. The molecular weight excluding hydrogens is 591 g/mol. The van der Waals surface area contributed by atoms with Crippen LogP contribution in [-0.4, -0.2) is 93.3 Å². The molecule has 15 heteroatoms. The first-order valence-corrected chi connectivity index (χ1v) is 16.2. The summed E-state index contributed by atoms with van der Waals surface area (Å²) in [5, 5.41) is 0. The van der Waals surface area contributed by atoms with Crippen LogP contribution in [0.2, 0.25) is 0 Å². The second kappa shape index (κ2) is 25.1. The molecule has 0 aromatic rings. The first-order valence-electron chi connectivity index (χ1n) is 14.7. The maximum Gasteiger partial charge on any atom is 0.472 e. The Morgan fingerprint density at radius 3 is 1.98 bits per heavy atom. The Kier molecular flexibility index (Phi) is 23.8. The molecule has 0 aliphatic heterocycles. The molecule has 0 spiro atoms. The first kappa shape index (κ1) is 40.8. The average Bonchev–Trinajstić information content (AvgIpc) is 2.92. The number of esters is 3. The number of carbonyl (C=O) groups is 5. The van der Waals surface area contributed by atoms with Crippen molar-refractivity contribution in [2.45, 2.75) is 91.6 Å². The molecule has 250 valence electrons. The van der Waals surface area contributed by atoms with E-state index < -0.39 is 38.4 Å². The van der Waals surface area contributed by atoms with Crippen molar-refractivity contribution in [3.63, 3.8) is 0 Å². The van der Waals surface area contributed by atoms with E-state index >= 15 is 0 Å². The molecule has 0 fully saturated rings. The van der Waals surface area contributed by atoms with Gasteiger partial charge in [-0.05, 0) is 31.6 Å². The Labute approximate surface area is 254 Å². The van der Waals surface area contributed by atoms with Crippen LogP contribution in [0.15, 0.2) is 0 Å². The van der Waals surface area contributed by atoms with Gasteiger partial charge in [0.25, 0.3) is 0 Å². The SMILES string of the molecule is CCCC(=O)OCC(COP(=O)(O)OCCCC(=O)OCCOCCCC(=O)COCC(=O)CC(C)C)OC(=O)CCC. The van der Waals surface area contributed by atoms with Gasteiger partial charge in [-0.1, -0.05) is 27.7 Å². The lowest BCUT2D eigenvalue weighted by Crippen LogP contribution is -2.29. The summed E-state index contributed by atoms with van der Waals surface area (Å²) in [4.78, 5) is 68.4. The Bertz CT molecular complexity index is 876. The second-order valence-corrected chi connectivity index (χ2v) is 11.6. The van der Waals surface area contributed by atoms with Crippen molar-refractivity contribution in [3.05, 3.63) is 0 Å². The van der Waals surface area contributed by atoms with Gasteiger partial charge in [0.1, 0.15) is 26.4 Å². The Morgan fingerprint density at radius 1 is 0.674 bits per heavy atom. The van der Waals surface area contributed by atoms with Gasteiger partial charge in [0, 0.05) is 38.7 Å². The predicted octanol–water partition coefficient (Wildman–Crippen LogP) is 3.50. The third kappa shape index (κ3) is 25.9. The zero-order valence-electron chi connectivity index (χ0n) is 25.9. The van der Waals surface area contributed by atoms with Crippen LogP contribution >= 0.6 is 7.82 Å². The largest absolute Gasteiger partial charge is 0.472 e. The van der Waals surface area contributed by atoms with Gasteiger partial charge in [-0.25, -0.2) is 4.57 Å². The van der Waals surface area contributed by atoms with Crippen molar-refractivity contribution in [2.24, 2.45) is 5.92 Å². The first-order chi connectivity index (χ1) is 20.4. The number of ketones is 2. The fourth-order valence-electron chi connectivity index (χ4n) is 3.26. The summed E-state index contributed by atoms with van der Waals surface area (Å²) < 4.78 is 47.5. The fraction of sp³-hybridized carbons (Fsp3) is 0.821. The van der Waals surface area contributed by atoms with Gasteiger partial charge in [-0.3, -0.25) is 33.0 Å². The molecule has 1 N–H and O–H groups in total. The van der Waals surface area contributed by atoms with Crippen LogP contribution < -0.4 is 0 Å². The molecule has 2 atom stereocenters. The summed E-state index contributed by atoms with van der Waals surface area (Å²) in [6.07, 6.45) is 1.42. The molecule has 0 radical (unpaired) electrons. The highest BCUT2D eigenvalue weighted by Crippen LogP contribution is 2.43. The summed E-state index contributed by atoms with van der Waals surface area (Å²) in [5.41, 5.74) is 0. The minimum atomic E-state index is -4.54. The number of phosphoric ester groups is 1. The van der Waals surface area contributed by atoms with Crippen LogP contribution in [0, 0.1) is 5.92 Å². The smallest absolute Gasteiger partial charge is 0.463 e. The number of hydrogen-bond donors (Lipinski definition) is 1. The Morgan fingerprint density at radius 2 is 1.30 bits per heavy atom. The van der Waals surface area contributed by atoms with Gasteiger partial charge in [0.2, 0.25) is 0 Å². The lowest BCUT2D eigenvalue weighted by Gasteiger charge is -2.19. The van der Waals surface area contributed by atoms with E-state index in [9.17, 15) is 33.4 Å². The van der Waals surface area contributed by atoms with Crippen LogP contribution in [-0.2, 0) is 61.3 Å². The van der Waals surface area contributed by atoms with Crippen LogP contribution in [0.3, 0.4) is 0 Å². The minimum absolute atomic E-state index is 0.00269. The van der Waals surface area contributed by atoms with Crippen molar-refractivity contribution >= 4 is 37.3 Å². The summed E-state index contributed by atoms with van der Waals surface area (Å²) in [5.74, 6) is -1.54. The van der Waals surface area contributed by atoms with E-state index in [4.69, 9.17) is 32.7 Å². The number of hydrogen-bond acceptors (Lipinski definition) is 13. The molecule has 0 rings (SSSR count). The van der Waals surface area contributed by atoms with Gasteiger partial charge in [0.15, 0.2) is 17.7 Å². The van der Waals surface area contributed by atoms with Gasteiger partial charge >= 0.3 is 25.7 Å². The molecule has 0 bridgehead atoms. The molecule has 2 unspecified atom stereocenters. The van der Waals surface area contributed by atoms with Gasteiger partial charge < -0.3 is 28.6 Å². The topological polar surface area (TPSA) is 187 Å². The lowest BCUT2D eigenvalue weighted by molar-refractivity contribution is -0.161. The molecule has 14 nitrogen and oxygen atoms in total. The summed E-state index contributed by atoms with van der Waals surface area (Å²) in [6.45, 7) is 6.52. The van der Waals surface area contributed by atoms with E-state index in [0.717, 1.165) is 0 Å². The maximum atomic E-state index is 12.2. The molecule has 0 aliphatic carbocycles. The van der Waals surface area contributed by atoms with Crippen molar-refractivity contribution in [1.82, 2.24) is 0 Å². The number of Topliss-reactive ketones (excluding diaryl/α,β-unsaturated/α-hetero) is 2. The van der Waals surface area contributed by atoms with Gasteiger partial charge in [-0.2, -0.15) is 0 Å². The van der Waals surface area contributed by atoms with E-state index in [1.54, 1.807) is 13.8 Å². The van der Waals surface area contributed by atoms with Crippen molar-refractivity contribution in [2.75, 3.05) is 52.9 Å². The lowest BCUT2D eigenvalue weighted by atomic mass is 10.1. The molecule has 0 saturated heterocycles. The highest BCUT2D eigenvalue weighted by Gasteiger charge is 2.26. The Balaban J connectivity index is 4.03. The standard InChI is InChI=1S/C28H49O14P/c1-5-9-26(31)39-20-25(42-28(33)10-6-2)21-41-43(34,35)40-14-8-12-27(32)38-16-15-36-13-7-11-23(29)18-37-19-24(30)17-22(3)4/h22,25H,5-21H2,1-4H3,(H,34,35). The molecule has 0 aliphatic rings. The van der Waals surface area contributed by atoms with Gasteiger partial charge in [-0.15, -0.1) is 0 Å². The number of phosphoric acid groups is 1. The summed E-state index contributed by atoms with van der Waals surface area (Å²) in [7, 11) is -4.54. The normalized spacial score (nSPS) is 13.3. The highest BCUT2D eigenvalue weighted by atomic mass is 31.2. The zero-order valence-corrected chi connectivity index (χ0v) is 26.8. The zero-order chi connectivity index (χ0) is 32.5. The number of ether oxygens (including phenoxy) is 5. The summed E-state index contributed by atoms with van der Waals surface area (Å²) >= 11 is 0. The minimum Gasteiger partial charge on any atom is -0.463 e. The summed E-state index contributed by atoms with van der Waals surface area (Å²) in [6, 6.07) is 0. The monoisotopic (exact) mass is 640 g/mol. The van der Waals surface area contributed by atoms with Crippen LogP contribution in [0.1, 0.15) is 85.5 Å². The molecule has 0 heterocycles. The third-order valence-electron chi connectivity index (χ3n) is 5.24. The molecular formula is C28H49O14P. The van der Waals surface area contributed by atoms with E-state index in [0.29, 0.717) is 25.7 Å². The molecule has 43 heavy (non-hydrogen) atoms. The second-order valence-electron chi connectivity index (χ2n) is 10.1. The van der Waals surface area contributed by atoms with Crippen molar-refractivity contribution in [3.8, 4) is 0 Å². The van der Waals surface area contributed by atoms with Crippen LogP contribution in [0.25, 0.3) is 0 Å². The maximum absolute atomic E-state index is 12.2. The molecule has 0 aromatic heterocycles. The van der Waals surface area contributed by atoms with E-state index in [2.05, 4.69) is 0 Å². The van der Waals surface area contributed by atoms with Crippen molar-refractivity contribution < 1.29 is 66.2 Å². The molecule has 0 aromatic carbocycles. The number of carbonyl (C=O) groups excluding carboxylic acids is 5. The predicted molar refractivity (Wildman–Crippen MR) is 153 cm³/mol. The molecule has 0 saturated carbocycles. The third-order valence-corrected chi connectivity index (χ3v) is 6.22.